The minimum Gasteiger partial charge on any atom is -0.352 e. The molecule has 2 aliphatic rings. The van der Waals surface area contributed by atoms with E-state index in [2.05, 4.69) is 10.4 Å². The van der Waals surface area contributed by atoms with Crippen molar-refractivity contribution in [3.05, 3.63) is 47.3 Å². The zero-order valence-corrected chi connectivity index (χ0v) is 15.2. The summed E-state index contributed by atoms with van der Waals surface area (Å²) in [6.07, 6.45) is 3.73. The molecule has 2 fully saturated rings. The first-order valence-electron chi connectivity index (χ1n) is 9.28. The lowest BCUT2D eigenvalue weighted by atomic mass is 10.1. The van der Waals surface area contributed by atoms with E-state index in [1.165, 1.54) is 0 Å². The second-order valence-corrected chi connectivity index (χ2v) is 7.33. The summed E-state index contributed by atoms with van der Waals surface area (Å²) in [6, 6.07) is 9.46. The molecule has 1 aliphatic carbocycles. The van der Waals surface area contributed by atoms with Crippen LogP contribution in [-0.2, 0) is 4.79 Å². The molecule has 2 amide bonds. The van der Waals surface area contributed by atoms with Crippen LogP contribution in [0.1, 0.15) is 47.4 Å². The maximum atomic E-state index is 12.9. The second-order valence-electron chi connectivity index (χ2n) is 7.33. The van der Waals surface area contributed by atoms with E-state index in [4.69, 9.17) is 0 Å². The van der Waals surface area contributed by atoms with Gasteiger partial charge in [-0.15, -0.1) is 0 Å². The lowest BCUT2D eigenvalue weighted by molar-refractivity contribution is -0.125. The van der Waals surface area contributed by atoms with Gasteiger partial charge in [-0.2, -0.15) is 5.10 Å². The Balaban J connectivity index is 1.50. The standard InChI is InChI=1S/C20H24N4O2/c1-13-12-14(2)24(22-13)17-9-5-15(6-10-17)20(26)23-11-3-4-18(23)19(25)21-16-7-8-16/h5-6,9-10,12,16,18H,3-4,7-8,11H2,1-2H3,(H,21,25)/t18-/m1/s1. The minimum atomic E-state index is -0.334. The van der Waals surface area contributed by atoms with E-state index in [1.54, 1.807) is 4.90 Å². The summed E-state index contributed by atoms with van der Waals surface area (Å²) in [6.45, 7) is 4.61. The third kappa shape index (κ3) is 3.23. The molecule has 6 nitrogen and oxygen atoms in total. The van der Waals surface area contributed by atoms with E-state index in [-0.39, 0.29) is 17.9 Å². The SMILES string of the molecule is Cc1cc(C)n(-c2ccc(C(=O)N3CCC[C@@H]3C(=O)NC3CC3)cc2)n1. The predicted octanol–water partition coefficient (Wildman–Crippen LogP) is 2.37. The van der Waals surface area contributed by atoms with Crippen LogP contribution in [-0.4, -0.2) is 45.1 Å². The molecule has 1 aliphatic heterocycles. The highest BCUT2D eigenvalue weighted by Gasteiger charge is 2.36. The Kier molecular flexibility index (Phi) is 4.26. The molecule has 2 aromatic rings. The number of rotatable bonds is 4. The summed E-state index contributed by atoms with van der Waals surface area (Å²) in [5, 5.41) is 7.50. The highest BCUT2D eigenvalue weighted by molar-refractivity contribution is 5.98. The van der Waals surface area contributed by atoms with Gasteiger partial charge in [0.05, 0.1) is 11.4 Å². The fourth-order valence-electron chi connectivity index (χ4n) is 3.61. The molecule has 0 spiro atoms. The summed E-state index contributed by atoms with van der Waals surface area (Å²) in [5.74, 6) is -0.0732. The van der Waals surface area contributed by atoms with Crippen molar-refractivity contribution >= 4 is 11.8 Å². The maximum Gasteiger partial charge on any atom is 0.254 e. The van der Waals surface area contributed by atoms with E-state index in [0.717, 1.165) is 42.8 Å². The summed E-state index contributed by atoms with van der Waals surface area (Å²) >= 11 is 0. The topological polar surface area (TPSA) is 67.2 Å². The number of carbonyl (C=O) groups is 2. The molecule has 0 unspecified atom stereocenters. The number of aromatic nitrogens is 2. The van der Waals surface area contributed by atoms with Gasteiger partial charge in [0.15, 0.2) is 0 Å². The van der Waals surface area contributed by atoms with E-state index >= 15 is 0 Å². The number of hydrogen-bond donors (Lipinski definition) is 1. The van der Waals surface area contributed by atoms with Crippen molar-refractivity contribution in [1.82, 2.24) is 20.0 Å². The Morgan fingerprint density at radius 1 is 1.12 bits per heavy atom. The van der Waals surface area contributed by atoms with Gasteiger partial charge in [-0.05, 0) is 69.9 Å². The lowest BCUT2D eigenvalue weighted by Crippen LogP contribution is -2.46. The molecule has 1 saturated carbocycles. The van der Waals surface area contributed by atoms with Crippen LogP contribution in [0.3, 0.4) is 0 Å². The van der Waals surface area contributed by atoms with Crippen molar-refractivity contribution in [1.29, 1.82) is 0 Å². The number of likely N-dealkylation sites (tertiary alicyclic amines) is 1. The molecule has 1 atom stereocenters. The molecule has 1 N–H and O–H groups in total. The molecule has 1 saturated heterocycles. The number of nitrogens with zero attached hydrogens (tertiary/aromatic N) is 3. The highest BCUT2D eigenvalue weighted by Crippen LogP contribution is 2.24. The van der Waals surface area contributed by atoms with Gasteiger partial charge in [0, 0.05) is 23.8 Å². The minimum absolute atomic E-state index is 0.00221. The highest BCUT2D eigenvalue weighted by atomic mass is 16.2. The van der Waals surface area contributed by atoms with Gasteiger partial charge in [-0.1, -0.05) is 0 Å². The molecule has 1 aromatic carbocycles. The van der Waals surface area contributed by atoms with Crippen LogP contribution in [0.5, 0.6) is 0 Å². The van der Waals surface area contributed by atoms with Crippen molar-refractivity contribution in [3.63, 3.8) is 0 Å². The fraction of sp³-hybridized carbons (Fsp3) is 0.450. The van der Waals surface area contributed by atoms with Crippen LogP contribution < -0.4 is 5.32 Å². The summed E-state index contributed by atoms with van der Waals surface area (Å²) in [4.78, 5) is 27.0. The molecule has 6 heteroatoms. The van der Waals surface area contributed by atoms with Crippen LogP contribution in [0, 0.1) is 13.8 Å². The van der Waals surface area contributed by atoms with E-state index in [1.807, 2.05) is 48.9 Å². The first-order chi connectivity index (χ1) is 12.5. The van der Waals surface area contributed by atoms with Crippen LogP contribution in [0.4, 0.5) is 0 Å². The molecule has 0 radical (unpaired) electrons. The Morgan fingerprint density at radius 2 is 1.85 bits per heavy atom. The van der Waals surface area contributed by atoms with E-state index in [0.29, 0.717) is 18.2 Å². The van der Waals surface area contributed by atoms with Crippen LogP contribution >= 0.6 is 0 Å². The van der Waals surface area contributed by atoms with Crippen molar-refractivity contribution in [2.75, 3.05) is 6.54 Å². The van der Waals surface area contributed by atoms with Gasteiger partial charge in [0.1, 0.15) is 6.04 Å². The average Bonchev–Trinajstić information content (AvgIpc) is 3.18. The average molecular weight is 352 g/mol. The van der Waals surface area contributed by atoms with Gasteiger partial charge >= 0.3 is 0 Å². The molecule has 0 bridgehead atoms. The van der Waals surface area contributed by atoms with E-state index < -0.39 is 0 Å². The number of nitrogens with one attached hydrogen (secondary N) is 1. The van der Waals surface area contributed by atoms with Crippen LogP contribution in [0.15, 0.2) is 30.3 Å². The quantitative estimate of drug-likeness (QED) is 0.919. The maximum absolute atomic E-state index is 12.9. The monoisotopic (exact) mass is 352 g/mol. The van der Waals surface area contributed by atoms with Gasteiger partial charge in [-0.25, -0.2) is 4.68 Å². The molecular weight excluding hydrogens is 328 g/mol. The van der Waals surface area contributed by atoms with Crippen molar-refractivity contribution < 1.29 is 9.59 Å². The number of hydrogen-bond acceptors (Lipinski definition) is 3. The normalized spacial score (nSPS) is 19.6. The van der Waals surface area contributed by atoms with Gasteiger partial charge in [0.25, 0.3) is 5.91 Å². The predicted molar refractivity (Wildman–Crippen MR) is 98.3 cm³/mol. The van der Waals surface area contributed by atoms with Crippen molar-refractivity contribution in [2.24, 2.45) is 0 Å². The number of aryl methyl sites for hydroxylation is 2. The van der Waals surface area contributed by atoms with Crippen LogP contribution in [0.25, 0.3) is 5.69 Å². The first-order valence-corrected chi connectivity index (χ1v) is 9.28. The Labute approximate surface area is 153 Å². The molecule has 136 valence electrons. The molecule has 2 heterocycles. The molecule has 4 rings (SSSR count). The third-order valence-electron chi connectivity index (χ3n) is 5.11. The van der Waals surface area contributed by atoms with Crippen molar-refractivity contribution in [2.45, 2.75) is 51.6 Å². The lowest BCUT2D eigenvalue weighted by Gasteiger charge is -2.24. The molecular formula is C20H24N4O2. The Morgan fingerprint density at radius 3 is 2.46 bits per heavy atom. The van der Waals surface area contributed by atoms with E-state index in [9.17, 15) is 9.59 Å². The number of benzene rings is 1. The zero-order valence-electron chi connectivity index (χ0n) is 15.2. The van der Waals surface area contributed by atoms with Gasteiger partial charge < -0.3 is 10.2 Å². The Bertz CT molecular complexity index is 836. The zero-order chi connectivity index (χ0) is 18.3. The van der Waals surface area contributed by atoms with Gasteiger partial charge in [-0.3, -0.25) is 9.59 Å². The van der Waals surface area contributed by atoms with Crippen LogP contribution in [0.2, 0.25) is 0 Å². The summed E-state index contributed by atoms with van der Waals surface area (Å²) < 4.78 is 1.87. The number of carbonyl (C=O) groups excluding carboxylic acids is 2. The third-order valence-corrected chi connectivity index (χ3v) is 5.11. The second kappa shape index (κ2) is 6.59. The van der Waals surface area contributed by atoms with Gasteiger partial charge in [0.2, 0.25) is 5.91 Å². The molecule has 1 aromatic heterocycles. The Hall–Kier alpha value is -2.63. The number of amides is 2. The fourth-order valence-corrected chi connectivity index (χ4v) is 3.61. The first kappa shape index (κ1) is 16.8. The smallest absolute Gasteiger partial charge is 0.254 e. The van der Waals surface area contributed by atoms with Crippen molar-refractivity contribution in [3.8, 4) is 5.69 Å². The molecule has 26 heavy (non-hydrogen) atoms. The largest absolute Gasteiger partial charge is 0.352 e. The summed E-state index contributed by atoms with van der Waals surface area (Å²) in [5.41, 5.74) is 3.56. The summed E-state index contributed by atoms with van der Waals surface area (Å²) in [7, 11) is 0.